The lowest BCUT2D eigenvalue weighted by Gasteiger charge is -2.24. The summed E-state index contributed by atoms with van der Waals surface area (Å²) in [5.41, 5.74) is 2.14. The lowest BCUT2D eigenvalue weighted by Crippen LogP contribution is -2.34. The van der Waals surface area contributed by atoms with Crippen LogP contribution in [0, 0.1) is 0 Å². The van der Waals surface area contributed by atoms with Crippen molar-refractivity contribution in [1.82, 2.24) is 25.5 Å². The van der Waals surface area contributed by atoms with Crippen LogP contribution >= 0.6 is 22.9 Å². The third-order valence-electron chi connectivity index (χ3n) is 4.89. The van der Waals surface area contributed by atoms with Gasteiger partial charge < -0.3 is 20.5 Å². The van der Waals surface area contributed by atoms with Crippen LogP contribution in [-0.4, -0.2) is 52.2 Å². The fourth-order valence-corrected chi connectivity index (χ4v) is 4.53. The number of nitrogens with one attached hydrogen (secondary N) is 3. The van der Waals surface area contributed by atoms with Crippen LogP contribution < -0.4 is 10.6 Å². The molecule has 0 radical (unpaired) electrons. The molecule has 0 unspecified atom stereocenters. The molecule has 3 amide bonds. The molecule has 0 saturated heterocycles. The lowest BCUT2D eigenvalue weighted by atomic mass is 10.2. The van der Waals surface area contributed by atoms with E-state index in [-0.39, 0.29) is 30.8 Å². The summed E-state index contributed by atoms with van der Waals surface area (Å²) in [6.07, 6.45) is 0.657. The molecule has 10 heteroatoms. The van der Waals surface area contributed by atoms with Gasteiger partial charge in [-0.3, -0.25) is 14.4 Å². The zero-order valence-electron chi connectivity index (χ0n) is 16.3. The molecule has 4 rings (SSSR count). The predicted molar refractivity (Wildman–Crippen MR) is 115 cm³/mol. The first-order valence-corrected chi connectivity index (χ1v) is 10.7. The maximum atomic E-state index is 12.4. The van der Waals surface area contributed by atoms with Gasteiger partial charge in [0.1, 0.15) is 5.69 Å². The largest absolute Gasteiger partial charge is 0.351 e. The van der Waals surface area contributed by atoms with Gasteiger partial charge in [-0.1, -0.05) is 11.6 Å². The smallest absolute Gasteiger partial charge is 0.280 e. The monoisotopic (exact) mass is 445 g/mol. The highest BCUT2D eigenvalue weighted by atomic mass is 35.5. The van der Waals surface area contributed by atoms with Crippen molar-refractivity contribution in [3.05, 3.63) is 50.6 Å². The Balaban J connectivity index is 1.28. The minimum Gasteiger partial charge on any atom is -0.351 e. The van der Waals surface area contributed by atoms with E-state index in [1.165, 1.54) is 11.3 Å². The minimum atomic E-state index is -0.279. The molecular weight excluding hydrogens is 426 g/mol. The van der Waals surface area contributed by atoms with Crippen LogP contribution in [0.15, 0.2) is 24.3 Å². The van der Waals surface area contributed by atoms with Gasteiger partial charge in [-0.05, 0) is 24.3 Å². The Morgan fingerprint density at radius 3 is 2.73 bits per heavy atom. The van der Waals surface area contributed by atoms with Gasteiger partial charge in [0.15, 0.2) is 5.01 Å². The van der Waals surface area contributed by atoms with Crippen molar-refractivity contribution in [2.24, 2.45) is 0 Å². The van der Waals surface area contributed by atoms with Gasteiger partial charge in [-0.15, -0.1) is 11.3 Å². The first-order chi connectivity index (χ1) is 14.4. The van der Waals surface area contributed by atoms with Crippen LogP contribution in [0.2, 0.25) is 5.02 Å². The van der Waals surface area contributed by atoms with Crippen molar-refractivity contribution < 1.29 is 14.4 Å². The third-order valence-corrected chi connectivity index (χ3v) is 6.21. The van der Waals surface area contributed by atoms with Crippen molar-refractivity contribution in [2.75, 3.05) is 19.6 Å². The third kappa shape index (κ3) is 4.31. The van der Waals surface area contributed by atoms with E-state index in [1.54, 1.807) is 30.0 Å². The molecular formula is C20H20ClN5O3S. The minimum absolute atomic E-state index is 0.0221. The summed E-state index contributed by atoms with van der Waals surface area (Å²) in [6, 6.07) is 7.09. The Bertz CT molecular complexity index is 1140. The van der Waals surface area contributed by atoms with E-state index < -0.39 is 0 Å². The van der Waals surface area contributed by atoms with Gasteiger partial charge in [0.05, 0.1) is 12.2 Å². The van der Waals surface area contributed by atoms with Crippen molar-refractivity contribution in [1.29, 1.82) is 0 Å². The maximum absolute atomic E-state index is 12.4. The standard InChI is InChI=1S/C20H20ClN5O3S/c1-11(27)26-7-4-15-17(10-26)30-20(25-15)19(29)23-6-5-22-18(28)16-9-12-8-13(21)2-3-14(12)24-16/h2-3,8-9,24H,4-7,10H2,1H3,(H,22,28)(H,23,29). The van der Waals surface area contributed by atoms with E-state index in [1.807, 2.05) is 6.07 Å². The molecule has 1 aliphatic rings. The Kier molecular flexibility index (Phi) is 5.74. The van der Waals surface area contributed by atoms with Gasteiger partial charge in [0.25, 0.3) is 11.8 Å². The number of amides is 3. The van der Waals surface area contributed by atoms with E-state index in [2.05, 4.69) is 20.6 Å². The van der Waals surface area contributed by atoms with Gasteiger partial charge in [0, 0.05) is 53.8 Å². The molecule has 0 fully saturated rings. The number of aromatic nitrogens is 2. The molecule has 3 aromatic rings. The topological polar surface area (TPSA) is 107 Å². The van der Waals surface area contributed by atoms with Crippen LogP contribution in [0.1, 0.15) is 37.8 Å². The number of fused-ring (bicyclic) bond motifs is 2. The predicted octanol–water partition coefficient (Wildman–Crippen LogP) is 2.34. The number of carbonyl (C=O) groups is 3. The first-order valence-electron chi connectivity index (χ1n) is 9.49. The molecule has 30 heavy (non-hydrogen) atoms. The van der Waals surface area contributed by atoms with Gasteiger partial charge in [-0.2, -0.15) is 0 Å². The molecule has 156 valence electrons. The Labute approximate surface area is 181 Å². The number of H-pyrrole nitrogens is 1. The number of halogens is 1. The van der Waals surface area contributed by atoms with E-state index in [0.29, 0.717) is 35.2 Å². The fraction of sp³-hybridized carbons (Fsp3) is 0.300. The second-order valence-electron chi connectivity index (χ2n) is 7.01. The van der Waals surface area contributed by atoms with Crippen LogP contribution in [-0.2, 0) is 17.8 Å². The fourth-order valence-electron chi connectivity index (χ4n) is 3.31. The normalized spacial score (nSPS) is 13.2. The van der Waals surface area contributed by atoms with E-state index in [9.17, 15) is 14.4 Å². The quantitative estimate of drug-likeness (QED) is 0.524. The number of nitrogens with zero attached hydrogens (tertiary/aromatic N) is 2. The Morgan fingerprint density at radius 1 is 1.20 bits per heavy atom. The van der Waals surface area contributed by atoms with Crippen LogP contribution in [0.5, 0.6) is 0 Å². The zero-order valence-corrected chi connectivity index (χ0v) is 17.8. The van der Waals surface area contributed by atoms with Gasteiger partial charge in [0.2, 0.25) is 5.91 Å². The van der Waals surface area contributed by atoms with Gasteiger partial charge in [-0.25, -0.2) is 4.98 Å². The summed E-state index contributed by atoms with van der Waals surface area (Å²) >= 11 is 7.28. The van der Waals surface area contributed by atoms with Crippen LogP contribution in [0.4, 0.5) is 0 Å². The number of benzene rings is 1. The van der Waals surface area contributed by atoms with Crippen LogP contribution in [0.3, 0.4) is 0 Å². The number of carbonyl (C=O) groups excluding carboxylic acids is 3. The van der Waals surface area contributed by atoms with E-state index in [0.717, 1.165) is 21.5 Å². The van der Waals surface area contributed by atoms with Gasteiger partial charge >= 0.3 is 0 Å². The zero-order chi connectivity index (χ0) is 21.3. The lowest BCUT2D eigenvalue weighted by molar-refractivity contribution is -0.129. The summed E-state index contributed by atoms with van der Waals surface area (Å²) in [4.78, 5) is 46.3. The highest BCUT2D eigenvalue weighted by molar-refractivity contribution is 7.13. The van der Waals surface area contributed by atoms with Crippen molar-refractivity contribution in [2.45, 2.75) is 19.9 Å². The molecule has 2 aromatic heterocycles. The van der Waals surface area contributed by atoms with Crippen molar-refractivity contribution >= 4 is 51.6 Å². The molecule has 3 heterocycles. The molecule has 0 atom stereocenters. The van der Waals surface area contributed by atoms with Crippen molar-refractivity contribution in [3.63, 3.8) is 0 Å². The summed E-state index contributed by atoms with van der Waals surface area (Å²) in [6.45, 7) is 3.23. The Hall–Kier alpha value is -2.91. The highest BCUT2D eigenvalue weighted by Crippen LogP contribution is 2.25. The molecule has 0 aliphatic carbocycles. The average molecular weight is 446 g/mol. The highest BCUT2D eigenvalue weighted by Gasteiger charge is 2.24. The first kappa shape index (κ1) is 20.4. The second-order valence-corrected chi connectivity index (χ2v) is 8.53. The number of rotatable bonds is 5. The van der Waals surface area contributed by atoms with Crippen molar-refractivity contribution in [3.8, 4) is 0 Å². The summed E-state index contributed by atoms with van der Waals surface area (Å²) in [5.74, 6) is -0.516. The Morgan fingerprint density at radius 2 is 1.97 bits per heavy atom. The summed E-state index contributed by atoms with van der Waals surface area (Å²) in [5, 5.41) is 7.38. The molecule has 0 saturated carbocycles. The number of thiazole rings is 1. The molecule has 8 nitrogen and oxygen atoms in total. The molecule has 3 N–H and O–H groups in total. The van der Waals surface area contributed by atoms with E-state index >= 15 is 0 Å². The molecule has 0 spiro atoms. The summed E-state index contributed by atoms with van der Waals surface area (Å²) in [7, 11) is 0. The van der Waals surface area contributed by atoms with E-state index in [4.69, 9.17) is 11.6 Å². The second kappa shape index (κ2) is 8.45. The average Bonchev–Trinajstić information content (AvgIpc) is 3.33. The SMILES string of the molecule is CC(=O)N1CCc2nc(C(=O)NCCNC(=O)c3cc4cc(Cl)ccc4[nH]3)sc2C1. The van der Waals surface area contributed by atoms with Crippen LogP contribution in [0.25, 0.3) is 10.9 Å². The number of hydrogen-bond donors (Lipinski definition) is 3. The maximum Gasteiger partial charge on any atom is 0.280 e. The summed E-state index contributed by atoms with van der Waals surface area (Å²) < 4.78 is 0. The number of hydrogen-bond acceptors (Lipinski definition) is 5. The molecule has 1 aromatic carbocycles. The molecule has 0 bridgehead atoms. The number of aromatic amines is 1. The molecule has 1 aliphatic heterocycles.